The molecule has 1 aliphatic carbocycles. The zero-order valence-electron chi connectivity index (χ0n) is 11.4. The molecule has 1 aromatic rings. The Morgan fingerprint density at radius 1 is 1.25 bits per heavy atom. The Labute approximate surface area is 116 Å². The van der Waals surface area contributed by atoms with E-state index in [4.69, 9.17) is 0 Å². The fourth-order valence-electron chi connectivity index (χ4n) is 2.97. The Morgan fingerprint density at radius 3 is 2.40 bits per heavy atom. The van der Waals surface area contributed by atoms with Crippen molar-refractivity contribution in [3.8, 4) is 5.75 Å². The van der Waals surface area contributed by atoms with Crippen molar-refractivity contribution in [3.05, 3.63) is 29.8 Å². The molecule has 0 aromatic heterocycles. The van der Waals surface area contributed by atoms with Crippen molar-refractivity contribution in [2.75, 3.05) is 0 Å². The summed E-state index contributed by atoms with van der Waals surface area (Å²) < 4.78 is 39.9. The van der Waals surface area contributed by atoms with Crippen molar-refractivity contribution in [3.63, 3.8) is 0 Å². The lowest BCUT2D eigenvalue weighted by Crippen LogP contribution is -2.24. The highest BCUT2D eigenvalue weighted by Gasteiger charge is 2.31. The summed E-state index contributed by atoms with van der Waals surface area (Å²) in [5.41, 5.74) is 0.825. The molecule has 1 fully saturated rings. The minimum Gasteiger partial charge on any atom is -0.406 e. The van der Waals surface area contributed by atoms with Gasteiger partial charge in [-0.3, -0.25) is 0 Å². The third-order valence-corrected chi connectivity index (χ3v) is 4.02. The van der Waals surface area contributed by atoms with E-state index < -0.39 is 12.5 Å². The molecule has 0 radical (unpaired) electrons. The summed E-state index contributed by atoms with van der Waals surface area (Å²) in [4.78, 5) is 0. The monoisotopic (exact) mass is 288 g/mol. The Bertz CT molecular complexity index is 428. The van der Waals surface area contributed by atoms with Gasteiger partial charge in [0.25, 0.3) is 0 Å². The summed E-state index contributed by atoms with van der Waals surface area (Å²) >= 11 is 0. The van der Waals surface area contributed by atoms with E-state index in [0.717, 1.165) is 24.8 Å². The summed E-state index contributed by atoms with van der Waals surface area (Å²) in [6, 6.07) is 5.72. The fraction of sp³-hybridized carbons (Fsp3) is 0.600. The van der Waals surface area contributed by atoms with Gasteiger partial charge in [0, 0.05) is 0 Å². The van der Waals surface area contributed by atoms with Crippen LogP contribution in [0.1, 0.15) is 31.7 Å². The number of alkyl halides is 3. The number of hydrogen-bond acceptors (Lipinski definition) is 2. The number of ether oxygens (including phenoxy) is 1. The number of aliphatic hydroxyl groups is 1. The van der Waals surface area contributed by atoms with Crippen molar-refractivity contribution in [2.45, 2.75) is 45.1 Å². The predicted molar refractivity (Wildman–Crippen MR) is 69.3 cm³/mol. The molecule has 1 aromatic carbocycles. The van der Waals surface area contributed by atoms with Crippen molar-refractivity contribution in [2.24, 2.45) is 11.8 Å². The average Bonchev–Trinajstić information content (AvgIpc) is 2.76. The maximum absolute atomic E-state index is 12.0. The molecule has 0 heterocycles. The predicted octanol–water partition coefficient (Wildman–Crippen LogP) is 3.92. The lowest BCUT2D eigenvalue weighted by molar-refractivity contribution is -0.274. The van der Waals surface area contributed by atoms with E-state index >= 15 is 0 Å². The second-order valence-corrected chi connectivity index (χ2v) is 5.54. The van der Waals surface area contributed by atoms with Crippen LogP contribution in [0, 0.1) is 11.8 Å². The highest BCUT2D eigenvalue weighted by Crippen LogP contribution is 2.34. The van der Waals surface area contributed by atoms with Crippen LogP contribution in [-0.4, -0.2) is 17.6 Å². The minimum atomic E-state index is -4.67. The van der Waals surface area contributed by atoms with Crippen LogP contribution in [-0.2, 0) is 6.42 Å². The first-order valence-electron chi connectivity index (χ1n) is 6.88. The molecule has 0 aliphatic heterocycles. The van der Waals surface area contributed by atoms with Crippen molar-refractivity contribution in [1.29, 1.82) is 0 Å². The Hall–Kier alpha value is -1.23. The Balaban J connectivity index is 1.93. The van der Waals surface area contributed by atoms with Crippen LogP contribution in [0.3, 0.4) is 0 Å². The molecular formula is C15H19F3O2. The van der Waals surface area contributed by atoms with E-state index in [1.165, 1.54) is 12.1 Å². The van der Waals surface area contributed by atoms with E-state index in [0.29, 0.717) is 18.3 Å². The molecule has 0 spiro atoms. The topological polar surface area (TPSA) is 29.5 Å². The minimum absolute atomic E-state index is 0.232. The van der Waals surface area contributed by atoms with Gasteiger partial charge in [0.2, 0.25) is 0 Å². The van der Waals surface area contributed by atoms with Gasteiger partial charge in [-0.15, -0.1) is 13.2 Å². The number of hydrogen-bond donors (Lipinski definition) is 1. The fourth-order valence-corrected chi connectivity index (χ4v) is 2.97. The molecule has 1 N–H and O–H groups in total. The van der Waals surface area contributed by atoms with Gasteiger partial charge in [0.05, 0.1) is 6.10 Å². The van der Waals surface area contributed by atoms with Crippen LogP contribution in [0.4, 0.5) is 13.2 Å². The van der Waals surface area contributed by atoms with Crippen molar-refractivity contribution in [1.82, 2.24) is 0 Å². The van der Waals surface area contributed by atoms with Gasteiger partial charge in [0.1, 0.15) is 5.75 Å². The van der Waals surface area contributed by atoms with E-state index in [1.807, 2.05) is 0 Å². The first-order valence-corrected chi connectivity index (χ1v) is 6.88. The van der Waals surface area contributed by atoms with Crippen LogP contribution in [0.5, 0.6) is 5.75 Å². The maximum Gasteiger partial charge on any atom is 0.573 e. The van der Waals surface area contributed by atoms with Gasteiger partial charge in [0.15, 0.2) is 0 Å². The normalized spacial score (nSPS) is 24.6. The summed E-state index contributed by atoms with van der Waals surface area (Å²) in [7, 11) is 0. The first kappa shape index (κ1) is 15.2. The van der Waals surface area contributed by atoms with E-state index in [1.54, 1.807) is 12.1 Å². The summed E-state index contributed by atoms with van der Waals surface area (Å²) in [5, 5.41) is 10.2. The van der Waals surface area contributed by atoms with Gasteiger partial charge in [-0.05, 0) is 42.4 Å². The molecule has 0 saturated heterocycles. The van der Waals surface area contributed by atoms with Crippen molar-refractivity contribution < 1.29 is 23.0 Å². The largest absolute Gasteiger partial charge is 0.573 e. The van der Waals surface area contributed by atoms with Crippen LogP contribution in [0.2, 0.25) is 0 Å². The molecule has 0 amide bonds. The molecular weight excluding hydrogens is 269 g/mol. The lowest BCUT2D eigenvalue weighted by atomic mass is 9.88. The zero-order chi connectivity index (χ0) is 14.8. The second kappa shape index (κ2) is 6.04. The molecule has 2 nitrogen and oxygen atoms in total. The lowest BCUT2D eigenvalue weighted by Gasteiger charge is -2.22. The van der Waals surface area contributed by atoms with Gasteiger partial charge in [-0.1, -0.05) is 31.9 Å². The molecule has 3 unspecified atom stereocenters. The third-order valence-electron chi connectivity index (χ3n) is 4.02. The smallest absolute Gasteiger partial charge is 0.406 e. The highest BCUT2D eigenvalue weighted by atomic mass is 19.4. The first-order chi connectivity index (χ1) is 9.35. The average molecular weight is 288 g/mol. The molecule has 0 bridgehead atoms. The molecule has 5 heteroatoms. The maximum atomic E-state index is 12.0. The Morgan fingerprint density at radius 2 is 1.90 bits per heavy atom. The molecule has 2 rings (SSSR count). The van der Waals surface area contributed by atoms with Crippen LogP contribution < -0.4 is 4.74 Å². The van der Waals surface area contributed by atoms with Gasteiger partial charge in [-0.2, -0.15) is 0 Å². The quantitative estimate of drug-likeness (QED) is 0.909. The van der Waals surface area contributed by atoms with E-state index in [2.05, 4.69) is 11.7 Å². The third kappa shape index (κ3) is 4.13. The number of halogens is 3. The molecule has 1 aliphatic rings. The van der Waals surface area contributed by atoms with Crippen LogP contribution >= 0.6 is 0 Å². The molecule has 3 atom stereocenters. The molecule has 1 saturated carbocycles. The van der Waals surface area contributed by atoms with Gasteiger partial charge < -0.3 is 9.84 Å². The van der Waals surface area contributed by atoms with Crippen molar-refractivity contribution >= 4 is 0 Å². The van der Waals surface area contributed by atoms with E-state index in [-0.39, 0.29) is 5.75 Å². The van der Waals surface area contributed by atoms with Crippen LogP contribution in [0.15, 0.2) is 24.3 Å². The standard InChI is InChI=1S/C15H19F3O2/c1-10-3-2-4-13(10)14(19)9-11-5-7-12(8-6-11)20-15(16,17)18/h5-8,10,13-14,19H,2-4,9H2,1H3. The summed E-state index contributed by atoms with van der Waals surface area (Å²) in [5.74, 6) is 0.573. The zero-order valence-corrected chi connectivity index (χ0v) is 11.4. The number of benzene rings is 1. The van der Waals surface area contributed by atoms with Gasteiger partial charge >= 0.3 is 6.36 Å². The second-order valence-electron chi connectivity index (χ2n) is 5.54. The molecule has 112 valence electrons. The highest BCUT2D eigenvalue weighted by molar-refractivity contribution is 5.27. The van der Waals surface area contributed by atoms with Gasteiger partial charge in [-0.25, -0.2) is 0 Å². The summed E-state index contributed by atoms with van der Waals surface area (Å²) in [6.45, 7) is 2.14. The van der Waals surface area contributed by atoms with E-state index in [9.17, 15) is 18.3 Å². The summed E-state index contributed by atoms with van der Waals surface area (Å²) in [6.07, 6.45) is -1.32. The SMILES string of the molecule is CC1CCCC1C(O)Cc1ccc(OC(F)(F)F)cc1. The van der Waals surface area contributed by atoms with Crippen LogP contribution in [0.25, 0.3) is 0 Å². The molecule has 20 heavy (non-hydrogen) atoms. The number of rotatable bonds is 4. The number of aliphatic hydroxyl groups excluding tert-OH is 1. The Kier molecular flexibility index (Phi) is 4.58.